The lowest BCUT2D eigenvalue weighted by Crippen LogP contribution is -2.35. The molecule has 2 heterocycles. The molecule has 150 valence electrons. The number of nitrogens with one attached hydrogen (secondary N) is 1. The van der Waals surface area contributed by atoms with Gasteiger partial charge in [0.25, 0.3) is 0 Å². The molecule has 0 saturated carbocycles. The van der Waals surface area contributed by atoms with Gasteiger partial charge < -0.3 is 14.8 Å². The van der Waals surface area contributed by atoms with Crippen molar-refractivity contribution in [2.75, 3.05) is 13.2 Å². The van der Waals surface area contributed by atoms with E-state index in [9.17, 15) is 0 Å². The van der Waals surface area contributed by atoms with E-state index in [1.165, 1.54) is 22.5 Å². The molecule has 6 heteroatoms. The van der Waals surface area contributed by atoms with Crippen molar-refractivity contribution in [2.45, 2.75) is 38.4 Å². The number of rotatable bonds is 5. The normalized spacial score (nSPS) is 18.5. The Morgan fingerprint density at radius 3 is 2.90 bits per heavy atom. The minimum absolute atomic E-state index is 0.0357. The number of imidazole rings is 1. The Labute approximate surface area is 175 Å². The second kappa shape index (κ2) is 7.82. The Morgan fingerprint density at radius 1 is 1.17 bits per heavy atom. The zero-order valence-corrected chi connectivity index (χ0v) is 17.0. The van der Waals surface area contributed by atoms with Crippen LogP contribution in [0.2, 0.25) is 5.02 Å². The fourth-order valence-electron chi connectivity index (χ4n) is 4.46. The minimum Gasteiger partial charge on any atom is -0.491 e. The Hall–Kier alpha value is -2.34. The first-order chi connectivity index (χ1) is 14.2. The zero-order valence-electron chi connectivity index (χ0n) is 16.2. The van der Waals surface area contributed by atoms with Gasteiger partial charge in [0.05, 0.1) is 17.3 Å². The highest BCUT2D eigenvalue weighted by Crippen LogP contribution is 2.34. The number of aryl methyl sites for hydroxylation is 1. The van der Waals surface area contributed by atoms with Crippen LogP contribution in [0, 0.1) is 0 Å². The lowest BCUT2D eigenvalue weighted by molar-refractivity contribution is 0.180. The van der Waals surface area contributed by atoms with Gasteiger partial charge in [0.2, 0.25) is 0 Å². The van der Waals surface area contributed by atoms with Crippen molar-refractivity contribution in [3.8, 4) is 17.1 Å². The van der Waals surface area contributed by atoms with Gasteiger partial charge in [-0.25, -0.2) is 4.98 Å². The standard InChI is InChI=1S/C23H24ClN3O2/c24-20-4-2-1-3-19(20)23-25-21-8-6-17(12-22(21)26-23)27-13-15-5-7-18(29-10-9-28)11-16(15)14-27/h1-5,7,11,17,28H,6,8-10,12-14H2,(H,25,26). The van der Waals surface area contributed by atoms with Gasteiger partial charge in [0.15, 0.2) is 0 Å². The van der Waals surface area contributed by atoms with E-state index in [0.717, 1.165) is 54.5 Å². The third kappa shape index (κ3) is 3.66. The van der Waals surface area contributed by atoms with Crippen LogP contribution in [0.3, 0.4) is 0 Å². The molecule has 0 bridgehead atoms. The Kier molecular flexibility index (Phi) is 5.04. The number of aromatic nitrogens is 2. The van der Waals surface area contributed by atoms with E-state index in [1.54, 1.807) is 0 Å². The molecule has 0 fully saturated rings. The van der Waals surface area contributed by atoms with Crippen LogP contribution in [0.1, 0.15) is 28.9 Å². The van der Waals surface area contributed by atoms with E-state index in [2.05, 4.69) is 22.0 Å². The highest BCUT2D eigenvalue weighted by molar-refractivity contribution is 6.33. The number of aliphatic hydroxyl groups is 1. The molecule has 0 amide bonds. The van der Waals surface area contributed by atoms with E-state index >= 15 is 0 Å². The maximum Gasteiger partial charge on any atom is 0.139 e. The smallest absolute Gasteiger partial charge is 0.139 e. The number of benzene rings is 2. The Balaban J connectivity index is 1.31. The summed E-state index contributed by atoms with van der Waals surface area (Å²) in [5.74, 6) is 1.71. The lowest BCUT2D eigenvalue weighted by Gasteiger charge is -2.30. The summed E-state index contributed by atoms with van der Waals surface area (Å²) in [7, 11) is 0. The molecule has 0 radical (unpaired) electrons. The molecule has 1 aliphatic heterocycles. The summed E-state index contributed by atoms with van der Waals surface area (Å²) in [4.78, 5) is 10.9. The topological polar surface area (TPSA) is 61.4 Å². The maximum atomic E-state index is 8.95. The zero-order chi connectivity index (χ0) is 19.8. The van der Waals surface area contributed by atoms with Gasteiger partial charge in [-0.15, -0.1) is 0 Å². The second-order valence-corrected chi connectivity index (χ2v) is 8.20. The van der Waals surface area contributed by atoms with Crippen molar-refractivity contribution in [2.24, 2.45) is 0 Å². The largest absolute Gasteiger partial charge is 0.491 e. The average molecular weight is 410 g/mol. The minimum atomic E-state index is 0.0357. The van der Waals surface area contributed by atoms with Gasteiger partial charge in [-0.3, -0.25) is 4.90 Å². The van der Waals surface area contributed by atoms with Crippen LogP contribution in [0.4, 0.5) is 0 Å². The van der Waals surface area contributed by atoms with Crippen molar-refractivity contribution >= 4 is 11.6 Å². The average Bonchev–Trinajstić information content (AvgIpc) is 3.35. The van der Waals surface area contributed by atoms with E-state index in [0.29, 0.717) is 12.6 Å². The number of aliphatic hydroxyl groups excluding tert-OH is 1. The molecule has 1 aromatic heterocycles. The van der Waals surface area contributed by atoms with Gasteiger partial charge in [0, 0.05) is 36.8 Å². The van der Waals surface area contributed by atoms with Crippen LogP contribution < -0.4 is 4.74 Å². The summed E-state index contributed by atoms with van der Waals surface area (Å²) in [6.07, 6.45) is 3.08. The number of ether oxygens (including phenoxy) is 1. The number of H-pyrrole nitrogens is 1. The fraction of sp³-hybridized carbons (Fsp3) is 0.348. The molecular formula is C23H24ClN3O2. The van der Waals surface area contributed by atoms with Crippen molar-refractivity contribution in [1.29, 1.82) is 0 Å². The first kappa shape index (κ1) is 18.7. The van der Waals surface area contributed by atoms with Gasteiger partial charge in [-0.05, 0) is 48.2 Å². The molecule has 2 aromatic carbocycles. The third-order valence-electron chi connectivity index (χ3n) is 5.95. The lowest BCUT2D eigenvalue weighted by atomic mass is 9.95. The monoisotopic (exact) mass is 409 g/mol. The first-order valence-electron chi connectivity index (χ1n) is 10.1. The molecule has 3 aromatic rings. The van der Waals surface area contributed by atoms with Gasteiger partial charge >= 0.3 is 0 Å². The van der Waals surface area contributed by atoms with E-state index in [-0.39, 0.29) is 6.61 Å². The van der Waals surface area contributed by atoms with Crippen molar-refractivity contribution < 1.29 is 9.84 Å². The predicted molar refractivity (Wildman–Crippen MR) is 113 cm³/mol. The van der Waals surface area contributed by atoms with Crippen LogP contribution in [0.5, 0.6) is 5.75 Å². The molecule has 29 heavy (non-hydrogen) atoms. The van der Waals surface area contributed by atoms with Gasteiger partial charge in [-0.2, -0.15) is 0 Å². The van der Waals surface area contributed by atoms with Crippen LogP contribution in [-0.2, 0) is 25.9 Å². The molecule has 2 aliphatic rings. The Morgan fingerprint density at radius 2 is 2.03 bits per heavy atom. The summed E-state index contributed by atoms with van der Waals surface area (Å²) in [5.41, 5.74) is 6.07. The molecule has 0 saturated heterocycles. The highest BCUT2D eigenvalue weighted by atomic mass is 35.5. The molecule has 5 rings (SSSR count). The first-order valence-corrected chi connectivity index (χ1v) is 10.5. The molecule has 0 spiro atoms. The van der Waals surface area contributed by atoms with Crippen molar-refractivity contribution in [1.82, 2.24) is 14.9 Å². The van der Waals surface area contributed by atoms with Crippen LogP contribution in [0.15, 0.2) is 42.5 Å². The summed E-state index contributed by atoms with van der Waals surface area (Å²) in [6, 6.07) is 14.6. The fourth-order valence-corrected chi connectivity index (χ4v) is 4.69. The number of hydrogen-bond acceptors (Lipinski definition) is 4. The summed E-state index contributed by atoms with van der Waals surface area (Å²) < 4.78 is 5.57. The van der Waals surface area contributed by atoms with E-state index in [1.807, 2.05) is 30.3 Å². The van der Waals surface area contributed by atoms with Crippen LogP contribution in [0.25, 0.3) is 11.4 Å². The maximum absolute atomic E-state index is 8.95. The van der Waals surface area contributed by atoms with Crippen molar-refractivity contribution in [3.63, 3.8) is 0 Å². The quantitative estimate of drug-likeness (QED) is 0.669. The number of fused-ring (bicyclic) bond motifs is 2. The SMILES string of the molecule is OCCOc1ccc2c(c1)CN(C1CCc3nc(-c4ccccc4Cl)[nH]c3C1)C2. The number of halogens is 1. The highest BCUT2D eigenvalue weighted by Gasteiger charge is 2.31. The third-order valence-corrected chi connectivity index (χ3v) is 6.28. The number of nitrogens with zero attached hydrogens (tertiary/aromatic N) is 2. The molecule has 1 atom stereocenters. The van der Waals surface area contributed by atoms with Crippen LogP contribution >= 0.6 is 11.6 Å². The summed E-state index contributed by atoms with van der Waals surface area (Å²) >= 11 is 6.36. The van der Waals surface area contributed by atoms with Gasteiger partial charge in [0.1, 0.15) is 18.2 Å². The van der Waals surface area contributed by atoms with Gasteiger partial charge in [-0.1, -0.05) is 29.8 Å². The number of aromatic amines is 1. The summed E-state index contributed by atoms with van der Waals surface area (Å²) in [6.45, 7) is 2.29. The van der Waals surface area contributed by atoms with Crippen molar-refractivity contribution in [3.05, 3.63) is 70.0 Å². The second-order valence-electron chi connectivity index (χ2n) is 7.79. The molecule has 1 unspecified atom stereocenters. The molecule has 2 N–H and O–H groups in total. The Bertz CT molecular complexity index is 1030. The van der Waals surface area contributed by atoms with Crippen LogP contribution in [-0.4, -0.2) is 39.2 Å². The molecule has 1 aliphatic carbocycles. The predicted octanol–water partition coefficient (Wildman–Crippen LogP) is 3.97. The number of hydrogen-bond donors (Lipinski definition) is 2. The summed E-state index contributed by atoms with van der Waals surface area (Å²) in [5, 5.41) is 9.68. The van der Waals surface area contributed by atoms with E-state index < -0.39 is 0 Å². The molecule has 5 nitrogen and oxygen atoms in total. The van der Waals surface area contributed by atoms with E-state index in [4.69, 9.17) is 26.4 Å². The molecular weight excluding hydrogens is 386 g/mol.